The molecule has 0 saturated heterocycles. The van der Waals surface area contributed by atoms with Crippen molar-refractivity contribution >= 4 is 17.9 Å². The first-order valence-corrected chi connectivity index (χ1v) is 3.98. The van der Waals surface area contributed by atoms with Crippen LogP contribution in [-0.4, -0.2) is 27.8 Å². The third-order valence-corrected chi connectivity index (χ3v) is 1.61. The second kappa shape index (κ2) is 4.36. The van der Waals surface area contributed by atoms with Crippen LogP contribution in [0.2, 0.25) is 0 Å². The van der Waals surface area contributed by atoms with E-state index in [0.717, 1.165) is 6.08 Å². The molecule has 0 bridgehead atoms. The predicted molar refractivity (Wildman–Crippen MR) is 50.9 cm³/mol. The maximum absolute atomic E-state index is 10.8. The average molecular weight is 211 g/mol. The number of aryl methyl sites for hydroxylation is 1. The van der Waals surface area contributed by atoms with Gasteiger partial charge in [-0.3, -0.25) is 0 Å². The normalized spacial score (nSPS) is 10.5. The van der Waals surface area contributed by atoms with Gasteiger partial charge in [-0.15, -0.1) is 0 Å². The molecule has 0 aromatic carbocycles. The molecule has 1 aromatic rings. The molecule has 1 rings (SSSR count). The van der Waals surface area contributed by atoms with E-state index in [0.29, 0.717) is 0 Å². The van der Waals surface area contributed by atoms with Crippen molar-refractivity contribution in [2.45, 2.75) is 0 Å². The summed E-state index contributed by atoms with van der Waals surface area (Å²) in [6.07, 6.45) is 3.83. The number of nitro groups is 1. The van der Waals surface area contributed by atoms with E-state index in [4.69, 9.17) is 0 Å². The van der Waals surface area contributed by atoms with Gasteiger partial charge in [0.1, 0.15) is 0 Å². The minimum Gasteiger partial charge on any atom is -0.466 e. The molecule has 0 atom stereocenters. The molecule has 0 aliphatic rings. The van der Waals surface area contributed by atoms with Crippen LogP contribution in [0.4, 0.5) is 5.82 Å². The lowest BCUT2D eigenvalue weighted by Gasteiger charge is -1.89. The highest BCUT2D eigenvalue weighted by molar-refractivity contribution is 5.87. The number of hydrogen-bond donors (Lipinski definition) is 0. The summed E-state index contributed by atoms with van der Waals surface area (Å²) in [6.45, 7) is 0. The summed E-state index contributed by atoms with van der Waals surface area (Å²) in [7, 11) is 2.78. The molecule has 0 aliphatic heterocycles. The zero-order chi connectivity index (χ0) is 11.4. The zero-order valence-electron chi connectivity index (χ0n) is 8.21. The van der Waals surface area contributed by atoms with Crippen LogP contribution in [0.25, 0.3) is 6.08 Å². The Kier molecular flexibility index (Phi) is 3.17. The Morgan fingerprint density at radius 2 is 2.40 bits per heavy atom. The molecule has 15 heavy (non-hydrogen) atoms. The Morgan fingerprint density at radius 1 is 1.73 bits per heavy atom. The van der Waals surface area contributed by atoms with Gasteiger partial charge in [-0.25, -0.2) is 4.79 Å². The largest absolute Gasteiger partial charge is 0.466 e. The summed E-state index contributed by atoms with van der Waals surface area (Å²) < 4.78 is 5.66. The molecular formula is C8H9N3O4. The fourth-order valence-electron chi connectivity index (χ4n) is 0.980. The first-order chi connectivity index (χ1) is 7.04. The monoisotopic (exact) mass is 211 g/mol. The van der Waals surface area contributed by atoms with Gasteiger partial charge in [-0.1, -0.05) is 0 Å². The summed E-state index contributed by atoms with van der Waals surface area (Å²) in [5, 5.41) is 14.2. The first-order valence-electron chi connectivity index (χ1n) is 3.98. The van der Waals surface area contributed by atoms with Gasteiger partial charge < -0.3 is 14.9 Å². The van der Waals surface area contributed by atoms with Crippen molar-refractivity contribution < 1.29 is 14.5 Å². The Labute approximate surface area is 85.1 Å². The van der Waals surface area contributed by atoms with Crippen LogP contribution in [0.5, 0.6) is 0 Å². The third kappa shape index (κ3) is 2.63. The third-order valence-electron chi connectivity index (χ3n) is 1.61. The van der Waals surface area contributed by atoms with Gasteiger partial charge in [-0.2, -0.15) is 4.68 Å². The highest BCUT2D eigenvalue weighted by atomic mass is 16.6. The van der Waals surface area contributed by atoms with E-state index < -0.39 is 10.9 Å². The molecule has 7 heteroatoms. The van der Waals surface area contributed by atoms with Gasteiger partial charge in [0, 0.05) is 6.08 Å². The van der Waals surface area contributed by atoms with Crippen LogP contribution < -0.4 is 0 Å². The lowest BCUT2D eigenvalue weighted by atomic mass is 10.3. The number of nitrogens with zero attached hydrogens (tertiary/aromatic N) is 3. The second-order valence-electron chi connectivity index (χ2n) is 2.70. The van der Waals surface area contributed by atoms with Crippen molar-refractivity contribution in [2.75, 3.05) is 7.11 Å². The van der Waals surface area contributed by atoms with Crippen LogP contribution >= 0.6 is 0 Å². The van der Waals surface area contributed by atoms with Crippen molar-refractivity contribution in [3.63, 3.8) is 0 Å². The highest BCUT2D eigenvalue weighted by Crippen LogP contribution is 2.16. The summed E-state index contributed by atoms with van der Waals surface area (Å²) in [5.41, 5.74) is 0.257. The smallest absolute Gasteiger partial charge is 0.397 e. The fourth-order valence-corrected chi connectivity index (χ4v) is 0.980. The maximum atomic E-state index is 10.8. The lowest BCUT2D eigenvalue weighted by molar-refractivity contribution is -0.390. The number of hydrogen-bond acceptors (Lipinski definition) is 5. The Bertz CT molecular complexity index is 422. The molecule has 0 spiro atoms. The van der Waals surface area contributed by atoms with Gasteiger partial charge in [0.25, 0.3) is 0 Å². The van der Waals surface area contributed by atoms with Crippen molar-refractivity contribution in [1.82, 2.24) is 9.78 Å². The number of esters is 1. The van der Waals surface area contributed by atoms with E-state index in [1.54, 1.807) is 7.05 Å². The summed E-state index contributed by atoms with van der Waals surface area (Å²) in [5.74, 6) is -0.870. The van der Waals surface area contributed by atoms with Crippen LogP contribution in [0.3, 0.4) is 0 Å². The van der Waals surface area contributed by atoms with Crippen LogP contribution in [0.1, 0.15) is 5.56 Å². The van der Waals surface area contributed by atoms with Crippen LogP contribution in [0, 0.1) is 10.1 Å². The SMILES string of the molecule is COC(=O)/C=C/c1cn(C)nc1[N+](=O)[O-]. The second-order valence-corrected chi connectivity index (χ2v) is 2.70. The molecule has 1 aromatic heterocycles. The molecule has 80 valence electrons. The van der Waals surface area contributed by atoms with Gasteiger partial charge >= 0.3 is 11.8 Å². The summed E-state index contributed by atoms with van der Waals surface area (Å²) in [6, 6.07) is 0. The Morgan fingerprint density at radius 3 is 2.93 bits per heavy atom. The number of rotatable bonds is 3. The standard InChI is InChI=1S/C8H9N3O4/c1-10-5-6(3-4-7(12)15-2)8(9-10)11(13)14/h3-5H,1-2H3/b4-3+. The van der Waals surface area contributed by atoms with E-state index >= 15 is 0 Å². The highest BCUT2D eigenvalue weighted by Gasteiger charge is 2.16. The van der Waals surface area contributed by atoms with Gasteiger partial charge in [0.2, 0.25) is 0 Å². The van der Waals surface area contributed by atoms with Gasteiger partial charge in [0.05, 0.1) is 31.0 Å². The van der Waals surface area contributed by atoms with Crippen LogP contribution in [-0.2, 0) is 16.6 Å². The molecule has 0 radical (unpaired) electrons. The van der Waals surface area contributed by atoms with Gasteiger partial charge in [0.15, 0.2) is 0 Å². The van der Waals surface area contributed by atoms with Gasteiger partial charge in [-0.05, 0) is 11.0 Å². The van der Waals surface area contributed by atoms with Crippen molar-refractivity contribution in [2.24, 2.45) is 7.05 Å². The maximum Gasteiger partial charge on any atom is 0.397 e. The lowest BCUT2D eigenvalue weighted by Crippen LogP contribution is -1.94. The Balaban J connectivity index is 2.98. The summed E-state index contributed by atoms with van der Waals surface area (Å²) >= 11 is 0. The number of carbonyl (C=O) groups is 1. The fraction of sp³-hybridized carbons (Fsp3) is 0.250. The molecule has 0 amide bonds. The van der Waals surface area contributed by atoms with E-state index in [2.05, 4.69) is 9.84 Å². The van der Waals surface area contributed by atoms with E-state index in [1.807, 2.05) is 0 Å². The van der Waals surface area contributed by atoms with Crippen molar-refractivity contribution in [3.05, 3.63) is 28.0 Å². The zero-order valence-corrected chi connectivity index (χ0v) is 8.21. The minimum atomic E-state index is -0.614. The number of aromatic nitrogens is 2. The van der Waals surface area contributed by atoms with Crippen molar-refractivity contribution in [1.29, 1.82) is 0 Å². The topological polar surface area (TPSA) is 87.3 Å². The molecule has 0 fully saturated rings. The number of methoxy groups -OCH3 is 1. The van der Waals surface area contributed by atoms with Crippen LogP contribution in [0.15, 0.2) is 12.3 Å². The first kappa shape index (κ1) is 10.9. The molecule has 1 heterocycles. The molecule has 0 aliphatic carbocycles. The quantitative estimate of drug-likeness (QED) is 0.314. The molecule has 7 nitrogen and oxygen atoms in total. The average Bonchev–Trinajstić information content (AvgIpc) is 2.56. The van der Waals surface area contributed by atoms with E-state index in [-0.39, 0.29) is 11.4 Å². The van der Waals surface area contributed by atoms with E-state index in [1.165, 1.54) is 24.1 Å². The van der Waals surface area contributed by atoms with Crippen molar-refractivity contribution in [3.8, 4) is 0 Å². The molecule has 0 saturated carbocycles. The summed E-state index contributed by atoms with van der Waals surface area (Å²) in [4.78, 5) is 20.7. The number of ether oxygens (including phenoxy) is 1. The molecule has 0 N–H and O–H groups in total. The van der Waals surface area contributed by atoms with E-state index in [9.17, 15) is 14.9 Å². The number of carbonyl (C=O) groups excluding carboxylic acids is 1. The predicted octanol–water partition coefficient (Wildman–Crippen LogP) is 0.514. The molecular weight excluding hydrogens is 202 g/mol. The minimum absolute atomic E-state index is 0.257. The Hall–Kier alpha value is -2.18. The molecule has 0 unspecified atom stereocenters.